The molecule has 0 aromatic carbocycles. The van der Waals surface area contributed by atoms with Crippen molar-refractivity contribution in [3.63, 3.8) is 0 Å². The zero-order chi connectivity index (χ0) is 13.7. The molecule has 0 bridgehead atoms. The zero-order valence-electron chi connectivity index (χ0n) is 13.4. The van der Waals surface area contributed by atoms with Gasteiger partial charge in [0.2, 0.25) is 0 Å². The van der Waals surface area contributed by atoms with Gasteiger partial charge in [-0.1, -0.05) is 39.5 Å². The minimum absolute atomic E-state index is 0.796. The molecule has 2 nitrogen and oxygen atoms in total. The fourth-order valence-electron chi connectivity index (χ4n) is 4.05. The van der Waals surface area contributed by atoms with Crippen LogP contribution in [-0.4, -0.2) is 47.6 Å². The second-order valence-corrected chi connectivity index (χ2v) is 6.75. The second-order valence-electron chi connectivity index (χ2n) is 6.75. The topological polar surface area (TPSA) is 6.48 Å². The second kappa shape index (κ2) is 7.64. The van der Waals surface area contributed by atoms with Crippen molar-refractivity contribution in [2.24, 2.45) is 0 Å². The molecule has 2 fully saturated rings. The molecule has 19 heavy (non-hydrogen) atoms. The van der Waals surface area contributed by atoms with Gasteiger partial charge in [0, 0.05) is 31.2 Å². The largest absolute Gasteiger partial charge is 0.298 e. The van der Waals surface area contributed by atoms with Crippen LogP contribution in [0.15, 0.2) is 0 Å². The van der Waals surface area contributed by atoms with E-state index in [9.17, 15) is 0 Å². The van der Waals surface area contributed by atoms with Gasteiger partial charge in [-0.25, -0.2) is 0 Å². The van der Waals surface area contributed by atoms with Crippen molar-refractivity contribution < 1.29 is 0 Å². The number of hydrogen-bond acceptors (Lipinski definition) is 2. The van der Waals surface area contributed by atoms with Gasteiger partial charge in [-0.15, -0.1) is 0 Å². The quantitative estimate of drug-likeness (QED) is 0.645. The summed E-state index contributed by atoms with van der Waals surface area (Å²) in [6.45, 7) is 11.2. The molecule has 3 atom stereocenters. The van der Waals surface area contributed by atoms with E-state index in [1.54, 1.807) is 0 Å². The number of fused-ring (bicyclic) bond motifs is 1. The highest BCUT2D eigenvalue weighted by Crippen LogP contribution is 2.28. The number of rotatable bonds is 7. The van der Waals surface area contributed by atoms with E-state index >= 15 is 0 Å². The van der Waals surface area contributed by atoms with E-state index in [4.69, 9.17) is 0 Å². The fraction of sp³-hybridized carbons (Fsp3) is 1.00. The van der Waals surface area contributed by atoms with Crippen molar-refractivity contribution in [2.45, 2.75) is 90.3 Å². The van der Waals surface area contributed by atoms with E-state index in [2.05, 4.69) is 30.6 Å². The molecule has 0 radical (unpaired) electrons. The van der Waals surface area contributed by atoms with E-state index in [-0.39, 0.29) is 0 Å². The van der Waals surface area contributed by atoms with Gasteiger partial charge < -0.3 is 0 Å². The van der Waals surface area contributed by atoms with Crippen molar-refractivity contribution in [3.8, 4) is 0 Å². The average Bonchev–Trinajstić information content (AvgIpc) is 2.89. The summed E-state index contributed by atoms with van der Waals surface area (Å²) in [5.74, 6) is 0. The van der Waals surface area contributed by atoms with Gasteiger partial charge in [0.1, 0.15) is 0 Å². The standard InChI is InChI=1S/C17H34N2/c1-4-6-7-8-10-15(3)19-14-17-11-9-12-18(17)13-16(19)5-2/h15-17H,4-14H2,1-3H3. The number of unbranched alkanes of at least 4 members (excludes halogenated alkanes) is 3. The predicted molar refractivity (Wildman–Crippen MR) is 83.6 cm³/mol. The van der Waals surface area contributed by atoms with Gasteiger partial charge in [0.15, 0.2) is 0 Å². The molecule has 0 aromatic heterocycles. The number of piperazine rings is 1. The third-order valence-electron chi connectivity index (χ3n) is 5.35. The van der Waals surface area contributed by atoms with Crippen molar-refractivity contribution in [2.75, 3.05) is 19.6 Å². The Bertz CT molecular complexity index is 254. The SMILES string of the molecule is CCCCCCC(C)N1CC2CCCN2CC1CC. The maximum absolute atomic E-state index is 2.85. The molecule has 0 saturated carbocycles. The molecule has 2 heterocycles. The number of nitrogens with zero attached hydrogens (tertiary/aromatic N) is 2. The Kier molecular flexibility index (Phi) is 6.15. The van der Waals surface area contributed by atoms with Crippen molar-refractivity contribution in [3.05, 3.63) is 0 Å². The molecule has 2 saturated heterocycles. The Labute approximate surface area is 120 Å². The third-order valence-corrected chi connectivity index (χ3v) is 5.35. The molecule has 0 aliphatic carbocycles. The van der Waals surface area contributed by atoms with Crippen molar-refractivity contribution in [1.29, 1.82) is 0 Å². The highest BCUT2D eigenvalue weighted by molar-refractivity contribution is 4.93. The summed E-state index contributed by atoms with van der Waals surface area (Å²) in [7, 11) is 0. The van der Waals surface area contributed by atoms with Crippen LogP contribution in [0.3, 0.4) is 0 Å². The van der Waals surface area contributed by atoms with Crippen LogP contribution in [-0.2, 0) is 0 Å². The maximum Gasteiger partial charge on any atom is 0.0224 e. The van der Waals surface area contributed by atoms with Crippen LogP contribution in [0.2, 0.25) is 0 Å². The lowest BCUT2D eigenvalue weighted by molar-refractivity contribution is 0.0203. The molecule has 3 unspecified atom stereocenters. The Morgan fingerprint density at radius 2 is 1.95 bits per heavy atom. The Hall–Kier alpha value is -0.0800. The van der Waals surface area contributed by atoms with Crippen molar-refractivity contribution >= 4 is 0 Å². The normalized spacial score (nSPS) is 30.5. The van der Waals surface area contributed by atoms with Crippen LogP contribution >= 0.6 is 0 Å². The predicted octanol–water partition coefficient (Wildman–Crippen LogP) is 3.90. The molecular formula is C17H34N2. The molecule has 0 N–H and O–H groups in total. The Morgan fingerprint density at radius 1 is 1.11 bits per heavy atom. The van der Waals surface area contributed by atoms with Gasteiger partial charge in [-0.3, -0.25) is 9.80 Å². The van der Waals surface area contributed by atoms with Crippen LogP contribution < -0.4 is 0 Å². The third kappa shape index (κ3) is 3.95. The Morgan fingerprint density at radius 3 is 2.68 bits per heavy atom. The first-order valence-electron chi connectivity index (χ1n) is 8.76. The molecule has 2 aliphatic heterocycles. The molecule has 2 rings (SSSR count). The smallest absolute Gasteiger partial charge is 0.0224 e. The van der Waals surface area contributed by atoms with Crippen molar-refractivity contribution in [1.82, 2.24) is 9.80 Å². The van der Waals surface area contributed by atoms with E-state index in [1.807, 2.05) is 0 Å². The highest BCUT2D eigenvalue weighted by Gasteiger charge is 2.36. The average molecular weight is 266 g/mol. The molecule has 0 aromatic rings. The molecular weight excluding hydrogens is 232 g/mol. The van der Waals surface area contributed by atoms with Gasteiger partial charge in [0.25, 0.3) is 0 Å². The highest BCUT2D eigenvalue weighted by atomic mass is 15.3. The van der Waals surface area contributed by atoms with Gasteiger partial charge >= 0.3 is 0 Å². The summed E-state index contributed by atoms with van der Waals surface area (Å²) >= 11 is 0. The minimum Gasteiger partial charge on any atom is -0.298 e. The van der Waals surface area contributed by atoms with E-state index in [0.717, 1.165) is 18.1 Å². The van der Waals surface area contributed by atoms with Crippen LogP contribution in [0.25, 0.3) is 0 Å². The first kappa shape index (κ1) is 15.3. The maximum atomic E-state index is 2.85. The number of hydrogen-bond donors (Lipinski definition) is 0. The first-order chi connectivity index (χ1) is 9.26. The zero-order valence-corrected chi connectivity index (χ0v) is 13.4. The van der Waals surface area contributed by atoms with Gasteiger partial charge in [0.05, 0.1) is 0 Å². The lowest BCUT2D eigenvalue weighted by Crippen LogP contribution is -2.58. The summed E-state index contributed by atoms with van der Waals surface area (Å²) in [5.41, 5.74) is 0. The molecule has 112 valence electrons. The summed E-state index contributed by atoms with van der Waals surface area (Å²) in [4.78, 5) is 5.60. The fourth-order valence-corrected chi connectivity index (χ4v) is 4.05. The molecule has 0 spiro atoms. The van der Waals surface area contributed by atoms with E-state index in [0.29, 0.717) is 0 Å². The van der Waals surface area contributed by atoms with E-state index in [1.165, 1.54) is 71.0 Å². The lowest BCUT2D eigenvalue weighted by atomic mass is 9.99. The lowest BCUT2D eigenvalue weighted by Gasteiger charge is -2.46. The summed E-state index contributed by atoms with van der Waals surface area (Å²) in [6, 6.07) is 2.49. The molecule has 0 amide bonds. The Balaban J connectivity index is 1.82. The van der Waals surface area contributed by atoms with Crippen LogP contribution in [0.1, 0.15) is 72.1 Å². The summed E-state index contributed by atoms with van der Waals surface area (Å²) in [6.07, 6.45) is 11.2. The van der Waals surface area contributed by atoms with Crippen LogP contribution in [0.4, 0.5) is 0 Å². The van der Waals surface area contributed by atoms with Crippen LogP contribution in [0, 0.1) is 0 Å². The van der Waals surface area contributed by atoms with E-state index < -0.39 is 0 Å². The molecule has 2 heteroatoms. The van der Waals surface area contributed by atoms with Crippen LogP contribution in [0.5, 0.6) is 0 Å². The molecule has 2 aliphatic rings. The summed E-state index contributed by atoms with van der Waals surface area (Å²) in [5, 5.41) is 0. The summed E-state index contributed by atoms with van der Waals surface area (Å²) < 4.78 is 0. The van der Waals surface area contributed by atoms with Gasteiger partial charge in [-0.05, 0) is 39.2 Å². The minimum atomic E-state index is 0.796. The monoisotopic (exact) mass is 266 g/mol. The first-order valence-corrected chi connectivity index (χ1v) is 8.76. The van der Waals surface area contributed by atoms with Gasteiger partial charge in [-0.2, -0.15) is 0 Å².